The first-order valence-corrected chi connectivity index (χ1v) is 11.1. The second-order valence-corrected chi connectivity index (χ2v) is 9.34. The van der Waals surface area contributed by atoms with Crippen molar-refractivity contribution in [3.63, 3.8) is 0 Å². The van der Waals surface area contributed by atoms with Gasteiger partial charge in [-0.3, -0.25) is 4.79 Å². The average Bonchev–Trinajstić information content (AvgIpc) is 3.50. The number of amides is 2. The number of carboxylic acids is 1. The number of anilines is 3. The van der Waals surface area contributed by atoms with E-state index in [2.05, 4.69) is 43.2 Å². The summed E-state index contributed by atoms with van der Waals surface area (Å²) in [6.45, 7) is 10.3. The van der Waals surface area contributed by atoms with Crippen molar-refractivity contribution in [2.45, 2.75) is 40.0 Å². The molecule has 0 unspecified atom stereocenters. The highest BCUT2D eigenvalue weighted by molar-refractivity contribution is 6.02. The van der Waals surface area contributed by atoms with Gasteiger partial charge >= 0.3 is 12.0 Å². The summed E-state index contributed by atoms with van der Waals surface area (Å²) in [4.78, 5) is 26.3. The molecular formula is C25H32FN3O3. The topological polar surface area (TPSA) is 81.7 Å². The summed E-state index contributed by atoms with van der Waals surface area (Å²) < 4.78 is 13.2. The van der Waals surface area contributed by atoms with Gasteiger partial charge in [-0.15, -0.1) is 0 Å². The van der Waals surface area contributed by atoms with E-state index in [0.29, 0.717) is 29.6 Å². The Bertz CT molecular complexity index is 949. The van der Waals surface area contributed by atoms with E-state index < -0.39 is 12.0 Å². The minimum absolute atomic E-state index is 0.0362. The van der Waals surface area contributed by atoms with Crippen LogP contribution in [-0.4, -0.2) is 30.2 Å². The Kier molecular flexibility index (Phi) is 7.38. The minimum Gasteiger partial charge on any atom is -0.481 e. The molecule has 0 saturated heterocycles. The van der Waals surface area contributed by atoms with Crippen molar-refractivity contribution in [1.82, 2.24) is 0 Å². The highest BCUT2D eigenvalue weighted by Gasteiger charge is 2.44. The molecule has 2 aromatic carbocycles. The fourth-order valence-electron chi connectivity index (χ4n) is 3.97. The van der Waals surface area contributed by atoms with Gasteiger partial charge in [-0.05, 0) is 66.1 Å². The van der Waals surface area contributed by atoms with Gasteiger partial charge in [-0.2, -0.15) is 0 Å². The number of carbonyl (C=O) groups excluding carboxylic acids is 1. The molecule has 0 aliphatic heterocycles. The molecule has 0 heterocycles. The summed E-state index contributed by atoms with van der Waals surface area (Å²) in [7, 11) is 0. The van der Waals surface area contributed by atoms with Crippen molar-refractivity contribution in [3.8, 4) is 0 Å². The number of hydrogen-bond acceptors (Lipinski definition) is 3. The summed E-state index contributed by atoms with van der Waals surface area (Å²) >= 11 is 0. The van der Waals surface area contributed by atoms with E-state index in [1.165, 1.54) is 24.3 Å². The molecule has 32 heavy (non-hydrogen) atoms. The Labute approximate surface area is 188 Å². The van der Waals surface area contributed by atoms with Gasteiger partial charge in [0.15, 0.2) is 0 Å². The monoisotopic (exact) mass is 441 g/mol. The smallest absolute Gasteiger partial charge is 0.323 e. The molecule has 172 valence electrons. The van der Waals surface area contributed by atoms with Crippen LogP contribution >= 0.6 is 0 Å². The normalized spacial score (nSPS) is 17.3. The second-order valence-electron chi connectivity index (χ2n) is 9.34. The maximum absolute atomic E-state index is 13.2. The molecule has 1 saturated carbocycles. The summed E-state index contributed by atoms with van der Waals surface area (Å²) in [5.41, 5.74) is 2.93. The second kappa shape index (κ2) is 10.0. The van der Waals surface area contributed by atoms with Crippen molar-refractivity contribution < 1.29 is 19.1 Å². The van der Waals surface area contributed by atoms with Gasteiger partial charge in [0.25, 0.3) is 0 Å². The molecule has 7 heteroatoms. The van der Waals surface area contributed by atoms with Crippen molar-refractivity contribution in [2.24, 2.45) is 17.8 Å². The first-order valence-electron chi connectivity index (χ1n) is 11.1. The van der Waals surface area contributed by atoms with E-state index in [0.717, 1.165) is 24.3 Å². The fraction of sp³-hybridized carbons (Fsp3) is 0.440. The number of urea groups is 1. The van der Waals surface area contributed by atoms with E-state index in [-0.39, 0.29) is 17.7 Å². The van der Waals surface area contributed by atoms with E-state index in [1.54, 1.807) is 0 Å². The molecule has 1 aliphatic rings. The lowest BCUT2D eigenvalue weighted by molar-refractivity contribution is -0.138. The van der Waals surface area contributed by atoms with Crippen LogP contribution in [0.3, 0.4) is 0 Å². The highest BCUT2D eigenvalue weighted by Crippen LogP contribution is 2.49. The number of rotatable bonds is 9. The molecule has 1 fully saturated rings. The van der Waals surface area contributed by atoms with Gasteiger partial charge in [-0.1, -0.05) is 33.8 Å². The Morgan fingerprint density at radius 3 is 2.19 bits per heavy atom. The van der Waals surface area contributed by atoms with Crippen LogP contribution in [0.25, 0.3) is 0 Å². The molecule has 0 radical (unpaired) electrons. The fourth-order valence-corrected chi connectivity index (χ4v) is 3.97. The number of aliphatic carboxylic acids is 1. The third kappa shape index (κ3) is 6.22. The zero-order chi connectivity index (χ0) is 23.4. The predicted octanol–water partition coefficient (Wildman–Crippen LogP) is 5.78. The van der Waals surface area contributed by atoms with Crippen LogP contribution in [0.2, 0.25) is 0 Å². The standard InChI is InChI=1S/C25H32FN3O3/c1-15(2)13-29(14-16(3)4)23-10-5-17(20-12-21(20)24(30)31)11-22(23)28-25(32)27-19-8-6-18(26)7-9-19/h5-11,15-16,20-21H,12-14H2,1-4H3,(H,30,31)(H2,27,28,32)/t20-,21-/m0/s1. The molecule has 0 spiro atoms. The Balaban J connectivity index is 1.88. The number of hydrogen-bond donors (Lipinski definition) is 3. The van der Waals surface area contributed by atoms with E-state index in [1.807, 2.05) is 18.2 Å². The van der Waals surface area contributed by atoms with Gasteiger partial charge in [0.2, 0.25) is 0 Å². The number of nitrogens with one attached hydrogen (secondary N) is 2. The van der Waals surface area contributed by atoms with Crippen LogP contribution in [0.15, 0.2) is 42.5 Å². The molecule has 0 aromatic heterocycles. The van der Waals surface area contributed by atoms with Gasteiger partial charge in [0.05, 0.1) is 17.3 Å². The third-order valence-corrected chi connectivity index (χ3v) is 5.42. The zero-order valence-electron chi connectivity index (χ0n) is 19.1. The van der Waals surface area contributed by atoms with Crippen LogP contribution in [0.5, 0.6) is 0 Å². The SMILES string of the molecule is CC(C)CN(CC(C)C)c1ccc([C@@H]2C[C@@H]2C(=O)O)cc1NC(=O)Nc1ccc(F)cc1. The lowest BCUT2D eigenvalue weighted by atomic mass is 10.0. The highest BCUT2D eigenvalue weighted by atomic mass is 19.1. The van der Waals surface area contributed by atoms with E-state index >= 15 is 0 Å². The molecule has 0 bridgehead atoms. The number of nitrogens with zero attached hydrogens (tertiary/aromatic N) is 1. The lowest BCUT2D eigenvalue weighted by Crippen LogP contribution is -2.32. The van der Waals surface area contributed by atoms with Crippen LogP contribution in [-0.2, 0) is 4.79 Å². The molecule has 2 aromatic rings. The van der Waals surface area contributed by atoms with E-state index in [4.69, 9.17) is 0 Å². The molecule has 1 aliphatic carbocycles. The van der Waals surface area contributed by atoms with Crippen molar-refractivity contribution in [1.29, 1.82) is 0 Å². The van der Waals surface area contributed by atoms with Gasteiger partial charge in [-0.25, -0.2) is 9.18 Å². The largest absolute Gasteiger partial charge is 0.481 e. The summed E-state index contributed by atoms with van der Waals surface area (Å²) in [5, 5.41) is 15.0. The summed E-state index contributed by atoms with van der Waals surface area (Å²) in [6, 6.07) is 11.0. The first kappa shape index (κ1) is 23.6. The van der Waals surface area contributed by atoms with Crippen LogP contribution < -0.4 is 15.5 Å². The number of carboxylic acid groups (broad SMARTS) is 1. The van der Waals surface area contributed by atoms with Crippen molar-refractivity contribution >= 4 is 29.1 Å². The predicted molar refractivity (Wildman–Crippen MR) is 126 cm³/mol. The lowest BCUT2D eigenvalue weighted by Gasteiger charge is -2.30. The molecule has 3 N–H and O–H groups in total. The molecular weight excluding hydrogens is 409 g/mol. The van der Waals surface area contributed by atoms with Crippen LogP contribution in [0, 0.1) is 23.6 Å². The quantitative estimate of drug-likeness (QED) is 0.461. The van der Waals surface area contributed by atoms with Crippen molar-refractivity contribution in [3.05, 3.63) is 53.8 Å². The van der Waals surface area contributed by atoms with Gasteiger partial charge in [0, 0.05) is 18.8 Å². The molecule has 3 rings (SSSR count). The molecule has 6 nitrogen and oxygen atoms in total. The number of carbonyl (C=O) groups is 2. The molecule has 2 atom stereocenters. The first-order chi connectivity index (χ1) is 15.1. The van der Waals surface area contributed by atoms with Crippen LogP contribution in [0.1, 0.15) is 45.6 Å². The summed E-state index contributed by atoms with van der Waals surface area (Å²) in [5.74, 6) is -0.719. The zero-order valence-corrected chi connectivity index (χ0v) is 19.1. The Morgan fingerprint density at radius 2 is 1.66 bits per heavy atom. The number of halogens is 1. The Morgan fingerprint density at radius 1 is 1.03 bits per heavy atom. The average molecular weight is 442 g/mol. The van der Waals surface area contributed by atoms with E-state index in [9.17, 15) is 19.1 Å². The summed E-state index contributed by atoms with van der Waals surface area (Å²) in [6.07, 6.45) is 0.609. The third-order valence-electron chi connectivity index (χ3n) is 5.42. The van der Waals surface area contributed by atoms with Gasteiger partial charge in [0.1, 0.15) is 5.82 Å². The number of benzene rings is 2. The Hall–Kier alpha value is -3.09. The van der Waals surface area contributed by atoms with Crippen LogP contribution in [0.4, 0.5) is 26.2 Å². The molecule has 2 amide bonds. The van der Waals surface area contributed by atoms with Crippen molar-refractivity contribution in [2.75, 3.05) is 28.6 Å². The minimum atomic E-state index is -0.788. The van der Waals surface area contributed by atoms with Gasteiger partial charge < -0.3 is 20.6 Å². The maximum Gasteiger partial charge on any atom is 0.323 e. The maximum atomic E-state index is 13.2.